The van der Waals surface area contributed by atoms with E-state index in [9.17, 15) is 4.79 Å². The molecule has 3 aliphatic heterocycles. The third-order valence-electron chi connectivity index (χ3n) is 8.27. The maximum Gasteiger partial charge on any atom is 0.228 e. The molecule has 0 radical (unpaired) electrons. The monoisotopic (exact) mass is 452 g/mol. The number of amides is 1. The molecule has 1 spiro atoms. The summed E-state index contributed by atoms with van der Waals surface area (Å²) in [6.07, 6.45) is 1.96. The van der Waals surface area contributed by atoms with Gasteiger partial charge in [-0.3, -0.25) is 4.79 Å². The molecule has 1 amide bonds. The van der Waals surface area contributed by atoms with E-state index in [0.29, 0.717) is 25.7 Å². The van der Waals surface area contributed by atoms with E-state index in [1.165, 1.54) is 22.3 Å². The van der Waals surface area contributed by atoms with Crippen molar-refractivity contribution in [3.63, 3.8) is 0 Å². The van der Waals surface area contributed by atoms with Crippen LogP contribution >= 0.6 is 0 Å². The Balaban J connectivity index is 1.34. The number of nitrogens with zero attached hydrogens (tertiary/aromatic N) is 1. The van der Waals surface area contributed by atoms with Crippen LogP contribution in [0.4, 0.5) is 0 Å². The summed E-state index contributed by atoms with van der Waals surface area (Å²) in [4.78, 5) is 16.5. The molecular weight excluding hydrogens is 420 g/mol. The highest BCUT2D eigenvalue weighted by molar-refractivity contribution is 5.82. The van der Waals surface area contributed by atoms with Gasteiger partial charge in [-0.15, -0.1) is 0 Å². The summed E-state index contributed by atoms with van der Waals surface area (Å²) < 4.78 is 6.08. The van der Waals surface area contributed by atoms with Gasteiger partial charge in [0.15, 0.2) is 0 Å². The Morgan fingerprint density at radius 1 is 0.912 bits per heavy atom. The zero-order valence-corrected chi connectivity index (χ0v) is 19.5. The molecular formula is C30H32N2O2. The second-order valence-corrected chi connectivity index (χ2v) is 10.1. The van der Waals surface area contributed by atoms with Gasteiger partial charge < -0.3 is 15.0 Å². The van der Waals surface area contributed by atoms with E-state index in [1.807, 2.05) is 0 Å². The minimum Gasteiger partial charge on any atom is -0.376 e. The van der Waals surface area contributed by atoms with Crippen LogP contribution in [0.15, 0.2) is 84.9 Å². The van der Waals surface area contributed by atoms with Crippen LogP contribution in [0.1, 0.15) is 47.1 Å². The van der Waals surface area contributed by atoms with Crippen LogP contribution in [0.2, 0.25) is 0 Å². The third-order valence-corrected chi connectivity index (χ3v) is 8.27. The number of nitrogens with one attached hydrogen (secondary N) is 1. The number of carbonyl (C=O) groups excluding carboxylic acids is 1. The van der Waals surface area contributed by atoms with E-state index in [1.54, 1.807) is 0 Å². The second kappa shape index (κ2) is 9.01. The molecule has 2 saturated heterocycles. The van der Waals surface area contributed by atoms with Gasteiger partial charge in [0.1, 0.15) is 0 Å². The predicted octanol–water partition coefficient (Wildman–Crippen LogP) is 4.82. The Morgan fingerprint density at radius 3 is 2.41 bits per heavy atom. The van der Waals surface area contributed by atoms with E-state index in [2.05, 4.69) is 95.1 Å². The summed E-state index contributed by atoms with van der Waals surface area (Å²) in [6, 6.07) is 30.0. The van der Waals surface area contributed by atoms with Crippen molar-refractivity contribution >= 4 is 5.91 Å². The highest BCUT2D eigenvalue weighted by Crippen LogP contribution is 2.45. The minimum atomic E-state index is -0.288. The zero-order valence-electron chi connectivity index (χ0n) is 19.5. The van der Waals surface area contributed by atoms with Gasteiger partial charge in [-0.1, -0.05) is 84.9 Å². The van der Waals surface area contributed by atoms with Crippen molar-refractivity contribution in [2.24, 2.45) is 5.92 Å². The first-order chi connectivity index (χ1) is 16.8. The maximum absolute atomic E-state index is 14.3. The van der Waals surface area contributed by atoms with E-state index < -0.39 is 0 Å². The molecule has 3 aromatic carbocycles. The normalized spacial score (nSPS) is 28.6. The molecule has 6 rings (SSSR count). The third kappa shape index (κ3) is 3.66. The predicted molar refractivity (Wildman–Crippen MR) is 133 cm³/mol. The summed E-state index contributed by atoms with van der Waals surface area (Å²) >= 11 is 0. The Kier molecular flexibility index (Phi) is 5.72. The molecule has 0 aliphatic carbocycles. The van der Waals surface area contributed by atoms with Gasteiger partial charge in [-0.05, 0) is 41.0 Å². The fourth-order valence-corrected chi connectivity index (χ4v) is 6.52. The summed E-state index contributed by atoms with van der Waals surface area (Å²) in [6.45, 7) is 3.51. The van der Waals surface area contributed by atoms with Crippen molar-refractivity contribution in [2.45, 2.75) is 36.8 Å². The first-order valence-corrected chi connectivity index (χ1v) is 12.5. The smallest absolute Gasteiger partial charge is 0.228 e. The molecule has 3 aromatic rings. The lowest BCUT2D eigenvalue weighted by molar-refractivity contribution is -0.142. The quantitative estimate of drug-likeness (QED) is 0.619. The highest BCUT2D eigenvalue weighted by atomic mass is 16.5. The molecule has 174 valence electrons. The summed E-state index contributed by atoms with van der Waals surface area (Å²) in [5.74, 6) is 0.615. The lowest BCUT2D eigenvalue weighted by Gasteiger charge is -2.45. The molecule has 34 heavy (non-hydrogen) atoms. The van der Waals surface area contributed by atoms with Crippen molar-refractivity contribution < 1.29 is 9.53 Å². The van der Waals surface area contributed by atoms with Gasteiger partial charge in [-0.2, -0.15) is 0 Å². The van der Waals surface area contributed by atoms with Gasteiger partial charge >= 0.3 is 0 Å². The van der Waals surface area contributed by atoms with Gasteiger partial charge in [-0.25, -0.2) is 0 Å². The number of piperidine rings is 1. The molecule has 0 saturated carbocycles. The fraction of sp³-hybridized carbons (Fsp3) is 0.367. The van der Waals surface area contributed by atoms with E-state index in [-0.39, 0.29) is 23.3 Å². The molecule has 3 heterocycles. The second-order valence-electron chi connectivity index (χ2n) is 10.1. The molecule has 0 aromatic heterocycles. The lowest BCUT2D eigenvalue weighted by Crippen LogP contribution is -2.52. The number of fused-ring (bicyclic) bond motifs is 2. The van der Waals surface area contributed by atoms with Crippen LogP contribution in [-0.4, -0.2) is 37.0 Å². The SMILES string of the molecule is O=C([C@@H]1CNC[C@]12COCc1ccccc12)N1CC[C@@H](c2ccccc2)C[C@H]1c1ccccc1. The molecule has 2 fully saturated rings. The minimum absolute atomic E-state index is 0.0880. The Labute approximate surface area is 201 Å². The van der Waals surface area contributed by atoms with Gasteiger partial charge in [0.2, 0.25) is 5.91 Å². The Bertz CT molecular complexity index is 1150. The topological polar surface area (TPSA) is 41.6 Å². The highest BCUT2D eigenvalue weighted by Gasteiger charge is 2.52. The zero-order chi connectivity index (χ0) is 23.0. The van der Waals surface area contributed by atoms with Gasteiger partial charge in [0.05, 0.1) is 25.2 Å². The summed E-state index contributed by atoms with van der Waals surface area (Å²) in [5.41, 5.74) is 4.84. The molecule has 4 heteroatoms. The van der Waals surface area contributed by atoms with E-state index >= 15 is 0 Å². The number of hydrogen-bond donors (Lipinski definition) is 1. The van der Waals surface area contributed by atoms with Gasteiger partial charge in [0, 0.05) is 25.0 Å². The summed E-state index contributed by atoms with van der Waals surface area (Å²) in [5, 5.41) is 3.56. The fourth-order valence-electron chi connectivity index (χ4n) is 6.52. The van der Waals surface area contributed by atoms with Crippen molar-refractivity contribution in [3.05, 3.63) is 107 Å². The molecule has 0 bridgehead atoms. The van der Waals surface area contributed by atoms with E-state index in [4.69, 9.17) is 4.74 Å². The molecule has 4 atom stereocenters. The van der Waals surface area contributed by atoms with Crippen molar-refractivity contribution in [2.75, 3.05) is 26.2 Å². The lowest BCUT2D eigenvalue weighted by atomic mass is 9.69. The number of carbonyl (C=O) groups is 1. The largest absolute Gasteiger partial charge is 0.376 e. The number of rotatable bonds is 3. The van der Waals surface area contributed by atoms with Crippen molar-refractivity contribution in [3.8, 4) is 0 Å². The number of benzene rings is 3. The maximum atomic E-state index is 14.3. The standard InChI is InChI=1S/C30H32N2O2/c33-29(27-18-31-20-30(27)21-34-19-25-13-7-8-14-26(25)30)32-16-15-24(22-9-3-1-4-10-22)17-28(32)23-11-5-2-6-12-23/h1-14,24,27-28,31H,15-21H2/t24-,27+,28+,30-/m1/s1. The first-order valence-electron chi connectivity index (χ1n) is 12.5. The Morgan fingerprint density at radius 2 is 1.62 bits per heavy atom. The van der Waals surface area contributed by atoms with Crippen LogP contribution in [-0.2, 0) is 21.6 Å². The first kappa shape index (κ1) is 21.6. The van der Waals surface area contributed by atoms with Crippen molar-refractivity contribution in [1.82, 2.24) is 10.2 Å². The van der Waals surface area contributed by atoms with Crippen LogP contribution < -0.4 is 5.32 Å². The van der Waals surface area contributed by atoms with Crippen LogP contribution in [0.25, 0.3) is 0 Å². The van der Waals surface area contributed by atoms with Gasteiger partial charge in [0.25, 0.3) is 0 Å². The van der Waals surface area contributed by atoms with E-state index in [0.717, 1.165) is 25.9 Å². The van der Waals surface area contributed by atoms with Crippen LogP contribution in [0, 0.1) is 5.92 Å². The van der Waals surface area contributed by atoms with Crippen LogP contribution in [0.3, 0.4) is 0 Å². The molecule has 0 unspecified atom stereocenters. The number of ether oxygens (including phenoxy) is 1. The average Bonchev–Trinajstić information content (AvgIpc) is 3.33. The van der Waals surface area contributed by atoms with Crippen LogP contribution in [0.5, 0.6) is 0 Å². The number of hydrogen-bond acceptors (Lipinski definition) is 3. The Hall–Kier alpha value is -2.95. The number of likely N-dealkylation sites (tertiary alicyclic amines) is 1. The molecule has 1 N–H and O–H groups in total. The van der Waals surface area contributed by atoms with Crippen molar-refractivity contribution in [1.29, 1.82) is 0 Å². The molecule has 3 aliphatic rings. The summed E-state index contributed by atoms with van der Waals surface area (Å²) in [7, 11) is 0. The molecule has 4 nitrogen and oxygen atoms in total. The average molecular weight is 453 g/mol.